The van der Waals surface area contributed by atoms with Gasteiger partial charge in [0.25, 0.3) is 0 Å². The SMILES string of the molecule is CC#Cc1cc(C)c(C2C(=O)CC3(CC2=O)CN(C(=O)CC#N)C3)c(OC)c1. The molecule has 1 amide bonds. The summed E-state index contributed by atoms with van der Waals surface area (Å²) in [6.45, 7) is 4.32. The molecule has 0 atom stereocenters. The minimum absolute atomic E-state index is 0.139. The lowest BCUT2D eigenvalue weighted by molar-refractivity contribution is -0.154. The Kier molecular flexibility index (Phi) is 5.25. The van der Waals surface area contributed by atoms with Gasteiger partial charge in [-0.15, -0.1) is 5.92 Å². The summed E-state index contributed by atoms with van der Waals surface area (Å²) in [5.74, 6) is 4.94. The van der Waals surface area contributed by atoms with E-state index in [0.29, 0.717) is 24.4 Å². The molecule has 3 rings (SSSR count). The van der Waals surface area contributed by atoms with Crippen molar-refractivity contribution >= 4 is 17.5 Å². The van der Waals surface area contributed by atoms with Crippen molar-refractivity contribution in [2.24, 2.45) is 5.41 Å². The molecule has 1 aromatic rings. The second-order valence-electron chi connectivity index (χ2n) is 7.59. The van der Waals surface area contributed by atoms with Gasteiger partial charge in [-0.05, 0) is 31.5 Å². The van der Waals surface area contributed by atoms with Crippen molar-refractivity contribution in [3.63, 3.8) is 0 Å². The van der Waals surface area contributed by atoms with Crippen LogP contribution in [0.5, 0.6) is 5.75 Å². The molecule has 28 heavy (non-hydrogen) atoms. The monoisotopic (exact) mass is 378 g/mol. The Labute approximate surface area is 164 Å². The largest absolute Gasteiger partial charge is 0.496 e. The minimum atomic E-state index is -0.840. The van der Waals surface area contributed by atoms with Crippen molar-refractivity contribution < 1.29 is 19.1 Å². The number of hydrogen-bond donors (Lipinski definition) is 0. The van der Waals surface area contributed by atoms with Gasteiger partial charge in [-0.2, -0.15) is 5.26 Å². The van der Waals surface area contributed by atoms with E-state index in [1.807, 2.05) is 19.1 Å². The first-order valence-corrected chi connectivity index (χ1v) is 9.15. The zero-order valence-corrected chi connectivity index (χ0v) is 16.3. The lowest BCUT2D eigenvalue weighted by Gasteiger charge is -2.52. The summed E-state index contributed by atoms with van der Waals surface area (Å²) in [5.41, 5.74) is 1.72. The molecule has 1 saturated heterocycles. The molecular weight excluding hydrogens is 356 g/mol. The maximum absolute atomic E-state index is 13.0. The second-order valence-corrected chi connectivity index (χ2v) is 7.59. The third kappa shape index (κ3) is 3.39. The van der Waals surface area contributed by atoms with E-state index in [0.717, 1.165) is 11.1 Å². The molecule has 2 aliphatic rings. The maximum Gasteiger partial charge on any atom is 0.236 e. The average Bonchev–Trinajstić information content (AvgIpc) is 2.60. The number of carbonyl (C=O) groups is 3. The standard InChI is InChI=1S/C22H22N2O4/c1-4-5-15-8-14(2)20(18(9-15)28-3)21-16(25)10-22(11-17(21)26)12-24(13-22)19(27)6-7-23/h8-9,21H,6,10-13H2,1-3H3. The van der Waals surface area contributed by atoms with Crippen LogP contribution in [0.3, 0.4) is 0 Å². The third-order valence-corrected chi connectivity index (χ3v) is 5.50. The van der Waals surface area contributed by atoms with E-state index in [2.05, 4.69) is 11.8 Å². The molecule has 1 heterocycles. The molecular formula is C22H22N2O4. The Morgan fingerprint density at radius 3 is 2.46 bits per heavy atom. The van der Waals surface area contributed by atoms with Crippen molar-refractivity contribution in [2.75, 3.05) is 20.2 Å². The summed E-state index contributed by atoms with van der Waals surface area (Å²) < 4.78 is 5.48. The Bertz CT molecular complexity index is 935. The van der Waals surface area contributed by atoms with E-state index in [4.69, 9.17) is 10.00 Å². The van der Waals surface area contributed by atoms with Crippen molar-refractivity contribution in [3.05, 3.63) is 28.8 Å². The van der Waals surface area contributed by atoms with E-state index in [9.17, 15) is 14.4 Å². The van der Waals surface area contributed by atoms with E-state index in [-0.39, 0.29) is 36.7 Å². The first-order valence-electron chi connectivity index (χ1n) is 9.15. The minimum Gasteiger partial charge on any atom is -0.496 e. The molecule has 2 fully saturated rings. The molecule has 1 aromatic carbocycles. The number of amides is 1. The number of ether oxygens (including phenoxy) is 1. The highest BCUT2D eigenvalue weighted by molar-refractivity contribution is 6.11. The van der Waals surface area contributed by atoms with Crippen LogP contribution in [0.1, 0.15) is 48.8 Å². The number of Topliss-reactive ketones (excluding diaryl/α,β-unsaturated/α-hetero) is 2. The summed E-state index contributed by atoms with van der Waals surface area (Å²) in [4.78, 5) is 39.3. The van der Waals surface area contributed by atoms with E-state index in [1.165, 1.54) is 7.11 Å². The fraction of sp³-hybridized carbons (Fsp3) is 0.455. The van der Waals surface area contributed by atoms with Gasteiger partial charge >= 0.3 is 0 Å². The number of aryl methyl sites for hydroxylation is 1. The summed E-state index contributed by atoms with van der Waals surface area (Å²) >= 11 is 0. The number of hydrogen-bond acceptors (Lipinski definition) is 5. The molecule has 144 valence electrons. The molecule has 0 aromatic heterocycles. The van der Waals surface area contributed by atoms with Crippen LogP contribution in [0.15, 0.2) is 12.1 Å². The van der Waals surface area contributed by atoms with Gasteiger partial charge in [-0.1, -0.05) is 5.92 Å². The molecule has 1 aliphatic heterocycles. The van der Waals surface area contributed by atoms with Crippen LogP contribution in [-0.2, 0) is 14.4 Å². The molecule has 0 bridgehead atoms. The molecule has 6 nitrogen and oxygen atoms in total. The van der Waals surface area contributed by atoms with Crippen LogP contribution >= 0.6 is 0 Å². The highest BCUT2D eigenvalue weighted by atomic mass is 16.5. The normalized spacial score (nSPS) is 18.1. The van der Waals surface area contributed by atoms with Crippen LogP contribution < -0.4 is 4.74 Å². The number of benzene rings is 1. The Morgan fingerprint density at radius 1 is 1.29 bits per heavy atom. The van der Waals surface area contributed by atoms with Gasteiger partial charge in [0, 0.05) is 42.5 Å². The lowest BCUT2D eigenvalue weighted by Crippen LogP contribution is -2.62. The second kappa shape index (κ2) is 7.48. The number of likely N-dealkylation sites (tertiary alicyclic amines) is 1. The predicted octanol–water partition coefficient (Wildman–Crippen LogP) is 2.13. The van der Waals surface area contributed by atoms with Crippen LogP contribution in [0.4, 0.5) is 0 Å². The zero-order valence-electron chi connectivity index (χ0n) is 16.3. The molecule has 1 spiro atoms. The van der Waals surface area contributed by atoms with Gasteiger partial charge in [-0.3, -0.25) is 14.4 Å². The number of methoxy groups -OCH3 is 1. The highest BCUT2D eigenvalue weighted by Gasteiger charge is 2.53. The zero-order chi connectivity index (χ0) is 20.5. The number of carbonyl (C=O) groups excluding carboxylic acids is 3. The molecule has 6 heteroatoms. The smallest absolute Gasteiger partial charge is 0.236 e. The number of rotatable bonds is 3. The molecule has 0 unspecified atom stereocenters. The number of nitrogens with zero attached hydrogens (tertiary/aromatic N) is 2. The van der Waals surface area contributed by atoms with Crippen molar-refractivity contribution in [1.29, 1.82) is 5.26 Å². The van der Waals surface area contributed by atoms with Crippen LogP contribution in [-0.4, -0.2) is 42.6 Å². The quantitative estimate of drug-likeness (QED) is 0.594. The van der Waals surface area contributed by atoms with Gasteiger partial charge in [0.15, 0.2) is 0 Å². The fourth-order valence-corrected chi connectivity index (χ4v) is 4.37. The van der Waals surface area contributed by atoms with Gasteiger partial charge in [0.2, 0.25) is 5.91 Å². The van der Waals surface area contributed by atoms with Gasteiger partial charge in [0.1, 0.15) is 29.7 Å². The number of nitriles is 1. The Hall–Kier alpha value is -3.12. The first-order chi connectivity index (χ1) is 13.3. The van der Waals surface area contributed by atoms with Crippen LogP contribution in [0.25, 0.3) is 0 Å². The average molecular weight is 378 g/mol. The lowest BCUT2D eigenvalue weighted by atomic mass is 9.63. The van der Waals surface area contributed by atoms with Crippen molar-refractivity contribution in [1.82, 2.24) is 4.90 Å². The van der Waals surface area contributed by atoms with E-state index < -0.39 is 11.3 Å². The van der Waals surface area contributed by atoms with E-state index >= 15 is 0 Å². The third-order valence-electron chi connectivity index (χ3n) is 5.50. The number of ketones is 2. The maximum atomic E-state index is 13.0. The fourth-order valence-electron chi connectivity index (χ4n) is 4.37. The van der Waals surface area contributed by atoms with Crippen molar-refractivity contribution in [3.8, 4) is 23.7 Å². The molecule has 0 N–H and O–H groups in total. The summed E-state index contributed by atoms with van der Waals surface area (Å²) in [7, 11) is 1.52. The first kappa shape index (κ1) is 19.6. The Balaban J connectivity index is 1.84. The van der Waals surface area contributed by atoms with Gasteiger partial charge in [-0.25, -0.2) is 0 Å². The van der Waals surface area contributed by atoms with Gasteiger partial charge < -0.3 is 9.64 Å². The molecule has 1 saturated carbocycles. The molecule has 0 radical (unpaired) electrons. The van der Waals surface area contributed by atoms with Crippen LogP contribution in [0, 0.1) is 35.5 Å². The summed E-state index contributed by atoms with van der Waals surface area (Å²) in [6, 6.07) is 5.46. The molecule has 1 aliphatic carbocycles. The predicted molar refractivity (Wildman–Crippen MR) is 102 cm³/mol. The topological polar surface area (TPSA) is 87.5 Å². The van der Waals surface area contributed by atoms with Crippen LogP contribution in [0.2, 0.25) is 0 Å². The van der Waals surface area contributed by atoms with E-state index in [1.54, 1.807) is 17.9 Å². The van der Waals surface area contributed by atoms with Crippen molar-refractivity contribution in [2.45, 2.75) is 39.0 Å². The summed E-state index contributed by atoms with van der Waals surface area (Å²) in [5, 5.41) is 8.65. The van der Waals surface area contributed by atoms with Gasteiger partial charge in [0.05, 0.1) is 13.2 Å². The summed E-state index contributed by atoms with van der Waals surface area (Å²) in [6.07, 6.45) is 0.321. The Morgan fingerprint density at radius 2 is 1.93 bits per heavy atom. The highest BCUT2D eigenvalue weighted by Crippen LogP contribution is 2.47.